The molecule has 4 heterocycles. The van der Waals surface area contributed by atoms with Gasteiger partial charge in [-0.05, 0) is 13.3 Å². The van der Waals surface area contributed by atoms with Gasteiger partial charge in [0, 0.05) is 25.0 Å². The van der Waals surface area contributed by atoms with Crippen LogP contribution in [0.4, 0.5) is 0 Å². The highest BCUT2D eigenvalue weighted by atomic mass is 16.8. The first-order chi connectivity index (χ1) is 21.3. The summed E-state index contributed by atoms with van der Waals surface area (Å²) in [5, 5.41) is 74.3. The van der Waals surface area contributed by atoms with E-state index in [0.29, 0.717) is 0 Å². The molecule has 19 nitrogen and oxygen atoms in total. The van der Waals surface area contributed by atoms with E-state index in [1.54, 1.807) is 6.92 Å². The second kappa shape index (κ2) is 14.4. The molecule has 0 aromatic carbocycles. The molecule has 17 N–H and O–H groups in total. The Morgan fingerprint density at radius 3 is 1.87 bits per heavy atom. The van der Waals surface area contributed by atoms with Crippen LogP contribution in [0.5, 0.6) is 0 Å². The smallest absolute Gasteiger partial charge is 0.187 e. The lowest BCUT2D eigenvalue weighted by Gasteiger charge is -2.50. The number of ether oxygens (including phenoxy) is 7. The van der Waals surface area contributed by atoms with Crippen LogP contribution < -0.4 is 28.7 Å². The fourth-order valence-corrected chi connectivity index (χ4v) is 6.76. The van der Waals surface area contributed by atoms with E-state index in [4.69, 9.17) is 61.8 Å². The Bertz CT molecular complexity index is 977. The van der Waals surface area contributed by atoms with Crippen molar-refractivity contribution < 1.29 is 68.9 Å². The highest BCUT2D eigenvalue weighted by Crippen LogP contribution is 2.36. The van der Waals surface area contributed by atoms with Crippen molar-refractivity contribution in [2.75, 3.05) is 13.2 Å². The lowest BCUT2D eigenvalue weighted by atomic mass is 9.84. The molecule has 5 fully saturated rings. The second-order valence-electron chi connectivity index (χ2n) is 12.7. The second-order valence-corrected chi connectivity index (χ2v) is 12.7. The van der Waals surface area contributed by atoms with E-state index >= 15 is 0 Å². The van der Waals surface area contributed by atoms with Crippen molar-refractivity contribution in [2.45, 2.75) is 148 Å². The number of nitrogens with two attached hydrogens (primary N) is 5. The van der Waals surface area contributed by atoms with Crippen LogP contribution in [-0.2, 0) is 33.2 Å². The molecule has 19 heteroatoms. The van der Waals surface area contributed by atoms with E-state index in [1.165, 1.54) is 0 Å². The Labute approximate surface area is 259 Å². The summed E-state index contributed by atoms with van der Waals surface area (Å²) in [5.41, 5.74) is 30.4. The van der Waals surface area contributed by atoms with Crippen LogP contribution in [0.1, 0.15) is 19.8 Å². The van der Waals surface area contributed by atoms with Crippen molar-refractivity contribution in [2.24, 2.45) is 28.7 Å². The predicted molar refractivity (Wildman–Crippen MR) is 148 cm³/mol. The fraction of sp³-hybridized carbons (Fsp3) is 1.00. The van der Waals surface area contributed by atoms with Gasteiger partial charge in [-0.1, -0.05) is 0 Å². The molecule has 0 aromatic heterocycles. The van der Waals surface area contributed by atoms with Crippen LogP contribution in [0.2, 0.25) is 0 Å². The standard InChI is InChI=1S/C26H49N5O14/c1-6-2-9(33)20-23(39-6)17(37)13(31)25(43-20)42-19-8(29)3-7(28)14(34)22(19)45-26-18(38)21(11(5-32)41-26)44-24-12(30)16(36)15(35)10(4-27)40-24/h6-26,32-38H,2-5,27-31H2,1H3/t6?,7-,8?,9?,10+,11-,12?,13?,14?,15-,16?,17-,18?,19-,20?,21+,22-,23+,24-,25+,26+/m1/s1. The van der Waals surface area contributed by atoms with Crippen molar-refractivity contribution in [1.29, 1.82) is 0 Å². The molecule has 262 valence electrons. The zero-order valence-electron chi connectivity index (χ0n) is 24.8. The summed E-state index contributed by atoms with van der Waals surface area (Å²) in [6.07, 6.45) is -20.1. The van der Waals surface area contributed by atoms with Crippen molar-refractivity contribution in [1.82, 2.24) is 0 Å². The number of hydrogen-bond donors (Lipinski definition) is 12. The Morgan fingerprint density at radius 1 is 0.600 bits per heavy atom. The highest BCUT2D eigenvalue weighted by Gasteiger charge is 2.55. The number of fused-ring (bicyclic) bond motifs is 1. The summed E-state index contributed by atoms with van der Waals surface area (Å²) in [6, 6.07) is -4.10. The third-order valence-corrected chi connectivity index (χ3v) is 9.39. The van der Waals surface area contributed by atoms with E-state index < -0.39 is 129 Å². The minimum atomic E-state index is -1.60. The van der Waals surface area contributed by atoms with E-state index in [1.807, 2.05) is 0 Å². The van der Waals surface area contributed by atoms with Crippen LogP contribution in [0.15, 0.2) is 0 Å². The topological polar surface area (TPSA) is 336 Å². The summed E-state index contributed by atoms with van der Waals surface area (Å²) in [7, 11) is 0. The molecule has 0 radical (unpaired) electrons. The SMILES string of the molecule is CC1CC(O)C2O[C@H](O[C@@H]3C(N)C[C@@H](N)C(O)[C@H]3O[C@@H]3O[C@H](CO)[C@H](O[C@H]4O[C@@H](CN)[C@@H](O)C(O)C4N)C3O)C(N)[C@@H](O)[C@@H]2O1. The maximum absolute atomic E-state index is 11.2. The molecule has 0 amide bonds. The maximum atomic E-state index is 11.2. The average molecular weight is 656 g/mol. The molecule has 4 saturated heterocycles. The Balaban J connectivity index is 1.30. The van der Waals surface area contributed by atoms with E-state index in [0.717, 1.165) is 0 Å². The Kier molecular flexibility index (Phi) is 11.4. The first kappa shape index (κ1) is 35.5. The highest BCUT2D eigenvalue weighted by molar-refractivity contribution is 5.03. The average Bonchev–Trinajstić information content (AvgIpc) is 3.30. The van der Waals surface area contributed by atoms with Gasteiger partial charge in [0.2, 0.25) is 0 Å². The quantitative estimate of drug-likeness (QED) is 0.115. The van der Waals surface area contributed by atoms with Gasteiger partial charge < -0.3 is 97.6 Å². The maximum Gasteiger partial charge on any atom is 0.187 e. The minimum Gasteiger partial charge on any atom is -0.394 e. The normalized spacial score (nSPS) is 55.8. The molecule has 1 aliphatic carbocycles. The summed E-state index contributed by atoms with van der Waals surface area (Å²) in [4.78, 5) is 0. The van der Waals surface area contributed by atoms with Gasteiger partial charge in [0.25, 0.3) is 0 Å². The Hall–Kier alpha value is -0.760. The zero-order valence-corrected chi connectivity index (χ0v) is 24.8. The molecular weight excluding hydrogens is 606 g/mol. The summed E-state index contributed by atoms with van der Waals surface area (Å²) in [5.74, 6) is 0. The molecule has 5 rings (SSSR count). The van der Waals surface area contributed by atoms with Crippen molar-refractivity contribution in [3.63, 3.8) is 0 Å². The fourth-order valence-electron chi connectivity index (χ4n) is 6.76. The van der Waals surface area contributed by atoms with Crippen LogP contribution >= 0.6 is 0 Å². The third kappa shape index (κ3) is 6.90. The molecule has 45 heavy (non-hydrogen) atoms. The molecule has 4 aliphatic heterocycles. The van der Waals surface area contributed by atoms with Crippen molar-refractivity contribution >= 4 is 0 Å². The number of aliphatic hydroxyl groups excluding tert-OH is 7. The van der Waals surface area contributed by atoms with E-state index in [2.05, 4.69) is 0 Å². The first-order valence-corrected chi connectivity index (χ1v) is 15.3. The molecular formula is C26H49N5O14. The summed E-state index contributed by atoms with van der Waals surface area (Å²) in [6.45, 7) is 0.948. The largest absolute Gasteiger partial charge is 0.394 e. The van der Waals surface area contributed by atoms with Crippen LogP contribution in [0, 0.1) is 0 Å². The third-order valence-electron chi connectivity index (χ3n) is 9.39. The van der Waals surface area contributed by atoms with Gasteiger partial charge in [-0.25, -0.2) is 0 Å². The molecule has 5 aliphatic rings. The number of hydrogen-bond acceptors (Lipinski definition) is 19. The molecule has 0 spiro atoms. The zero-order chi connectivity index (χ0) is 32.9. The molecule has 1 saturated carbocycles. The van der Waals surface area contributed by atoms with Gasteiger partial charge in [-0.2, -0.15) is 0 Å². The summed E-state index contributed by atoms with van der Waals surface area (Å²) < 4.78 is 41.0. The number of rotatable bonds is 8. The summed E-state index contributed by atoms with van der Waals surface area (Å²) >= 11 is 0. The van der Waals surface area contributed by atoms with Crippen LogP contribution in [0.3, 0.4) is 0 Å². The van der Waals surface area contributed by atoms with Gasteiger partial charge in [-0.3, -0.25) is 0 Å². The van der Waals surface area contributed by atoms with Gasteiger partial charge in [0.1, 0.15) is 67.1 Å². The number of aliphatic hydroxyl groups is 7. The molecule has 0 aromatic rings. The predicted octanol–water partition coefficient (Wildman–Crippen LogP) is -7.68. The van der Waals surface area contributed by atoms with E-state index in [9.17, 15) is 35.7 Å². The van der Waals surface area contributed by atoms with Gasteiger partial charge in [-0.15, -0.1) is 0 Å². The monoisotopic (exact) mass is 655 g/mol. The molecule has 9 unspecified atom stereocenters. The molecule has 0 bridgehead atoms. The minimum absolute atomic E-state index is 0.0952. The van der Waals surface area contributed by atoms with Gasteiger partial charge >= 0.3 is 0 Å². The van der Waals surface area contributed by atoms with Crippen LogP contribution in [0.25, 0.3) is 0 Å². The lowest BCUT2D eigenvalue weighted by molar-refractivity contribution is -0.333. The van der Waals surface area contributed by atoms with Crippen molar-refractivity contribution in [3.8, 4) is 0 Å². The lowest BCUT2D eigenvalue weighted by Crippen LogP contribution is -2.70. The van der Waals surface area contributed by atoms with Crippen LogP contribution in [-0.4, -0.2) is 177 Å². The Morgan fingerprint density at radius 2 is 1.20 bits per heavy atom. The first-order valence-electron chi connectivity index (χ1n) is 15.3. The van der Waals surface area contributed by atoms with Crippen molar-refractivity contribution in [3.05, 3.63) is 0 Å². The molecule has 21 atom stereocenters. The van der Waals surface area contributed by atoms with Gasteiger partial charge in [0.05, 0.1) is 37.0 Å². The van der Waals surface area contributed by atoms with E-state index in [-0.39, 0.29) is 25.5 Å². The van der Waals surface area contributed by atoms with Gasteiger partial charge in [0.15, 0.2) is 18.9 Å².